The number of aliphatic carboxylic acids is 1. The molecule has 0 radical (unpaired) electrons. The van der Waals surface area contributed by atoms with Gasteiger partial charge in [-0.25, -0.2) is 9.59 Å². The number of thioether (sulfide) groups is 1. The Labute approximate surface area is 135 Å². The molecule has 0 rings (SSSR count). The molecule has 0 saturated carbocycles. The molecule has 0 fully saturated rings. The van der Waals surface area contributed by atoms with Gasteiger partial charge in [0.05, 0.1) is 5.88 Å². The number of carbonyl (C=O) groups excluding carboxylic acids is 2. The third kappa shape index (κ3) is 9.49. The molecule has 8 heteroatoms. The van der Waals surface area contributed by atoms with Crippen LogP contribution in [-0.2, 0) is 14.3 Å². The number of alkyl carbamates (subject to hydrolysis) is 1. The zero-order valence-corrected chi connectivity index (χ0v) is 14.8. The molecule has 3 N–H and O–H groups in total. The molecule has 2 amide bonds. The Kier molecular flexibility index (Phi) is 7.72. The summed E-state index contributed by atoms with van der Waals surface area (Å²) in [6.45, 7) is 10.4. The largest absolute Gasteiger partial charge is 0.480 e. The van der Waals surface area contributed by atoms with Crippen molar-refractivity contribution in [2.75, 3.05) is 11.6 Å². The number of rotatable bonds is 6. The molecule has 0 heterocycles. The molecule has 0 saturated heterocycles. The van der Waals surface area contributed by atoms with Gasteiger partial charge < -0.3 is 20.5 Å². The lowest BCUT2D eigenvalue weighted by Gasteiger charge is -2.22. The Balaban J connectivity index is 4.25. The van der Waals surface area contributed by atoms with Crippen molar-refractivity contribution >= 4 is 29.7 Å². The average molecular weight is 334 g/mol. The fourth-order valence-corrected chi connectivity index (χ4v) is 2.00. The van der Waals surface area contributed by atoms with Gasteiger partial charge in [-0.2, -0.15) is 0 Å². The second-order valence-corrected chi connectivity index (χ2v) is 7.84. The molecule has 22 heavy (non-hydrogen) atoms. The minimum atomic E-state index is -1.15. The molecule has 0 aromatic heterocycles. The minimum absolute atomic E-state index is 0.119. The molecule has 128 valence electrons. The normalized spacial score (nSPS) is 13.2. The topological polar surface area (TPSA) is 105 Å². The number of hydrogen-bond donors (Lipinski definition) is 3. The highest BCUT2D eigenvalue weighted by Crippen LogP contribution is 2.13. The zero-order valence-electron chi connectivity index (χ0n) is 14.0. The van der Waals surface area contributed by atoms with Crippen molar-refractivity contribution in [3.8, 4) is 0 Å². The number of nitrogens with one attached hydrogen (secondary N) is 2. The standard InChI is InChI=1S/C14H26N2O5S/c1-13(2,3)11(19)15-8-22-7-9(10(17)18)16-12(20)21-14(4,5)6/h9H,7-8H2,1-6H3,(H,15,19)(H,16,20)(H,17,18)/t9-/m0/s1. The molecular formula is C14H26N2O5S. The van der Waals surface area contributed by atoms with Gasteiger partial charge in [-0.3, -0.25) is 4.79 Å². The Bertz CT molecular complexity index is 412. The Morgan fingerprint density at radius 3 is 2.09 bits per heavy atom. The summed E-state index contributed by atoms with van der Waals surface area (Å²) in [4.78, 5) is 34.3. The molecule has 0 aliphatic carbocycles. The van der Waals surface area contributed by atoms with E-state index in [9.17, 15) is 14.4 Å². The van der Waals surface area contributed by atoms with E-state index in [-0.39, 0.29) is 17.5 Å². The van der Waals surface area contributed by atoms with E-state index in [2.05, 4.69) is 10.6 Å². The van der Waals surface area contributed by atoms with Crippen molar-refractivity contribution in [2.45, 2.75) is 53.2 Å². The number of carboxylic acids is 1. The van der Waals surface area contributed by atoms with Gasteiger partial charge in [0.2, 0.25) is 5.91 Å². The quantitative estimate of drug-likeness (QED) is 0.505. The summed E-state index contributed by atoms with van der Waals surface area (Å²) in [5, 5.41) is 14.1. The highest BCUT2D eigenvalue weighted by Gasteiger charge is 2.24. The summed E-state index contributed by atoms with van der Waals surface area (Å²) in [7, 11) is 0. The first-order valence-electron chi connectivity index (χ1n) is 6.91. The molecule has 0 spiro atoms. The summed E-state index contributed by atoms with van der Waals surface area (Å²) in [5.41, 5.74) is -1.19. The number of carboxylic acid groups (broad SMARTS) is 1. The van der Waals surface area contributed by atoms with Crippen molar-refractivity contribution in [1.82, 2.24) is 10.6 Å². The summed E-state index contributed by atoms with van der Waals surface area (Å²) in [6, 6.07) is -1.08. The summed E-state index contributed by atoms with van der Waals surface area (Å²) in [5.74, 6) is -0.873. The van der Waals surface area contributed by atoms with Crippen LogP contribution in [-0.4, -0.2) is 46.3 Å². The second kappa shape index (κ2) is 8.26. The van der Waals surface area contributed by atoms with Gasteiger partial charge >= 0.3 is 12.1 Å². The molecule has 0 aromatic carbocycles. The maximum atomic E-state index is 11.6. The SMILES string of the molecule is CC(C)(C)OC(=O)N[C@@H](CSCNC(=O)C(C)(C)C)C(=O)O. The van der Waals surface area contributed by atoms with Gasteiger partial charge in [-0.05, 0) is 20.8 Å². The average Bonchev–Trinajstić information content (AvgIpc) is 2.28. The third-order valence-electron chi connectivity index (χ3n) is 2.29. The highest BCUT2D eigenvalue weighted by atomic mass is 32.2. The van der Waals surface area contributed by atoms with Gasteiger partial charge in [0.15, 0.2) is 0 Å². The number of carbonyl (C=O) groups is 3. The lowest BCUT2D eigenvalue weighted by Crippen LogP contribution is -2.45. The van der Waals surface area contributed by atoms with Gasteiger partial charge in [0.25, 0.3) is 0 Å². The summed E-state index contributed by atoms with van der Waals surface area (Å²) >= 11 is 1.21. The van der Waals surface area contributed by atoms with Gasteiger partial charge in [0.1, 0.15) is 11.6 Å². The number of amides is 2. The zero-order chi connectivity index (χ0) is 17.6. The molecule has 0 aromatic rings. The van der Waals surface area contributed by atoms with Gasteiger partial charge in [-0.1, -0.05) is 20.8 Å². The summed E-state index contributed by atoms with van der Waals surface area (Å²) < 4.78 is 5.02. The molecule has 0 aliphatic heterocycles. The number of ether oxygens (including phenoxy) is 1. The lowest BCUT2D eigenvalue weighted by molar-refractivity contribution is -0.138. The first-order valence-corrected chi connectivity index (χ1v) is 8.07. The van der Waals surface area contributed by atoms with Crippen molar-refractivity contribution in [1.29, 1.82) is 0 Å². The van der Waals surface area contributed by atoms with Crippen molar-refractivity contribution in [3.05, 3.63) is 0 Å². The van der Waals surface area contributed by atoms with E-state index in [0.29, 0.717) is 0 Å². The van der Waals surface area contributed by atoms with Crippen LogP contribution in [0, 0.1) is 5.41 Å². The third-order valence-corrected chi connectivity index (χ3v) is 3.21. The second-order valence-electron chi connectivity index (χ2n) is 6.81. The molecule has 0 unspecified atom stereocenters. The van der Waals surface area contributed by atoms with Crippen LogP contribution in [0.4, 0.5) is 4.79 Å². The van der Waals surface area contributed by atoms with E-state index in [1.807, 2.05) is 0 Å². The Hall–Kier alpha value is -1.44. The smallest absolute Gasteiger partial charge is 0.408 e. The predicted octanol–water partition coefficient (Wildman–Crippen LogP) is 1.82. The van der Waals surface area contributed by atoms with Crippen LogP contribution in [0.15, 0.2) is 0 Å². The Morgan fingerprint density at radius 2 is 1.68 bits per heavy atom. The number of hydrogen-bond acceptors (Lipinski definition) is 5. The maximum absolute atomic E-state index is 11.6. The van der Waals surface area contributed by atoms with Crippen molar-refractivity contribution in [2.24, 2.45) is 5.41 Å². The monoisotopic (exact) mass is 334 g/mol. The summed E-state index contributed by atoms with van der Waals surface area (Å²) in [6.07, 6.45) is -0.778. The van der Waals surface area contributed by atoms with Crippen LogP contribution in [0.2, 0.25) is 0 Å². The van der Waals surface area contributed by atoms with Crippen LogP contribution in [0.3, 0.4) is 0 Å². The van der Waals surface area contributed by atoms with Crippen LogP contribution in [0.5, 0.6) is 0 Å². The van der Waals surface area contributed by atoms with E-state index >= 15 is 0 Å². The van der Waals surface area contributed by atoms with Gasteiger partial charge in [-0.15, -0.1) is 11.8 Å². The predicted molar refractivity (Wildman–Crippen MR) is 85.7 cm³/mol. The molecule has 0 bridgehead atoms. The molecule has 0 aliphatic rings. The van der Waals surface area contributed by atoms with Crippen molar-refractivity contribution in [3.63, 3.8) is 0 Å². The molecular weight excluding hydrogens is 308 g/mol. The first kappa shape index (κ1) is 20.6. The van der Waals surface area contributed by atoms with Crippen LogP contribution in [0.25, 0.3) is 0 Å². The Morgan fingerprint density at radius 1 is 1.14 bits per heavy atom. The van der Waals surface area contributed by atoms with E-state index in [4.69, 9.17) is 9.84 Å². The lowest BCUT2D eigenvalue weighted by atomic mass is 9.96. The van der Waals surface area contributed by atoms with E-state index in [1.165, 1.54) is 11.8 Å². The minimum Gasteiger partial charge on any atom is -0.480 e. The van der Waals surface area contributed by atoms with Gasteiger partial charge in [0, 0.05) is 11.2 Å². The highest BCUT2D eigenvalue weighted by molar-refractivity contribution is 7.99. The van der Waals surface area contributed by atoms with E-state index in [0.717, 1.165) is 0 Å². The van der Waals surface area contributed by atoms with Crippen molar-refractivity contribution < 1.29 is 24.2 Å². The van der Waals surface area contributed by atoms with Crippen LogP contribution >= 0.6 is 11.8 Å². The molecule has 7 nitrogen and oxygen atoms in total. The maximum Gasteiger partial charge on any atom is 0.408 e. The van der Waals surface area contributed by atoms with Crippen LogP contribution in [0.1, 0.15) is 41.5 Å². The fourth-order valence-electron chi connectivity index (χ4n) is 1.18. The van der Waals surface area contributed by atoms with Crippen LogP contribution < -0.4 is 10.6 Å². The molecule has 1 atom stereocenters. The van der Waals surface area contributed by atoms with E-state index in [1.54, 1.807) is 41.5 Å². The van der Waals surface area contributed by atoms with E-state index < -0.39 is 29.1 Å². The first-order chi connectivity index (χ1) is 9.83. The fraction of sp³-hybridized carbons (Fsp3) is 0.786.